The highest BCUT2D eigenvalue weighted by molar-refractivity contribution is 7.90. The number of sulfonamides is 1. The summed E-state index contributed by atoms with van der Waals surface area (Å²) in [6, 6.07) is 11.8. The molecule has 0 amide bonds. The highest BCUT2D eigenvalue weighted by Crippen LogP contribution is 2.31. The summed E-state index contributed by atoms with van der Waals surface area (Å²) in [6.45, 7) is 7.26. The molecular weight excluding hydrogens is 606 g/mol. The van der Waals surface area contributed by atoms with Crippen molar-refractivity contribution < 1.29 is 26.7 Å². The van der Waals surface area contributed by atoms with Crippen LogP contribution in [0.5, 0.6) is 5.75 Å². The molecule has 2 aromatic heterocycles. The van der Waals surface area contributed by atoms with Crippen LogP contribution < -0.4 is 15.0 Å². The number of H-pyrrole nitrogens is 1. The SMILES string of the molecule is CCOc1ccc(S(=O)(=O)NC(CO)CCS(=O)(=O)Cc2ccccc2)cc1-c1nn2c(C(CC)CC)nc(C)c2c(=O)[nH]1. The van der Waals surface area contributed by atoms with Gasteiger partial charge >= 0.3 is 0 Å². The molecule has 0 bridgehead atoms. The molecule has 4 aromatic rings. The van der Waals surface area contributed by atoms with Crippen LogP contribution in [0.25, 0.3) is 16.9 Å². The fourth-order valence-corrected chi connectivity index (χ4v) is 7.85. The quantitative estimate of drug-likeness (QED) is 0.175. The minimum Gasteiger partial charge on any atom is -0.493 e. The molecule has 1 unspecified atom stereocenters. The third-order valence-corrected chi connectivity index (χ3v) is 10.6. The van der Waals surface area contributed by atoms with Gasteiger partial charge in [-0.25, -0.2) is 31.1 Å². The lowest BCUT2D eigenvalue weighted by atomic mass is 10.0. The van der Waals surface area contributed by atoms with Crippen LogP contribution in [0.15, 0.2) is 58.2 Å². The molecule has 0 fully saturated rings. The fraction of sp³-hybridized carbons (Fsp3) is 0.433. The largest absolute Gasteiger partial charge is 0.493 e. The van der Waals surface area contributed by atoms with Crippen LogP contribution in [0.2, 0.25) is 0 Å². The Morgan fingerprint density at radius 2 is 1.75 bits per heavy atom. The highest BCUT2D eigenvalue weighted by Gasteiger charge is 2.25. The van der Waals surface area contributed by atoms with Crippen molar-refractivity contribution in [3.63, 3.8) is 0 Å². The van der Waals surface area contributed by atoms with Gasteiger partial charge in [-0.15, -0.1) is 5.10 Å². The highest BCUT2D eigenvalue weighted by atomic mass is 32.2. The number of aryl methyl sites for hydroxylation is 1. The Morgan fingerprint density at radius 1 is 1.05 bits per heavy atom. The number of nitrogens with one attached hydrogen (secondary N) is 2. The normalized spacial score (nSPS) is 13.0. The summed E-state index contributed by atoms with van der Waals surface area (Å²) in [5.74, 6) is 0.600. The number of imidazole rings is 1. The maximum Gasteiger partial charge on any atom is 0.277 e. The lowest BCUT2D eigenvalue weighted by Gasteiger charge is -2.18. The topological polar surface area (TPSA) is 173 Å². The van der Waals surface area contributed by atoms with Crippen molar-refractivity contribution in [1.82, 2.24) is 24.3 Å². The molecule has 2 heterocycles. The number of nitrogens with zero attached hydrogens (tertiary/aromatic N) is 3. The number of sulfone groups is 1. The minimum atomic E-state index is -4.24. The Kier molecular flexibility index (Phi) is 10.6. The van der Waals surface area contributed by atoms with Gasteiger partial charge in [-0.1, -0.05) is 44.2 Å². The summed E-state index contributed by atoms with van der Waals surface area (Å²) in [5.41, 5.74) is 1.29. The number of hydrogen-bond donors (Lipinski definition) is 3. The Morgan fingerprint density at radius 3 is 2.39 bits per heavy atom. The van der Waals surface area contributed by atoms with E-state index in [2.05, 4.69) is 19.8 Å². The van der Waals surface area contributed by atoms with E-state index in [1.165, 1.54) is 22.7 Å². The van der Waals surface area contributed by atoms with Gasteiger partial charge in [0.05, 0.1) is 40.9 Å². The monoisotopic (exact) mass is 645 g/mol. The van der Waals surface area contributed by atoms with Gasteiger partial charge in [0.15, 0.2) is 21.2 Å². The Bertz CT molecular complexity index is 1870. The molecule has 0 aliphatic rings. The van der Waals surface area contributed by atoms with E-state index in [0.717, 1.165) is 12.8 Å². The molecule has 0 aliphatic carbocycles. The second kappa shape index (κ2) is 14.0. The van der Waals surface area contributed by atoms with Gasteiger partial charge in [-0.3, -0.25) is 4.79 Å². The first-order valence-electron chi connectivity index (χ1n) is 14.6. The lowest BCUT2D eigenvalue weighted by Crippen LogP contribution is -2.38. The maximum atomic E-state index is 13.5. The van der Waals surface area contributed by atoms with E-state index < -0.39 is 38.1 Å². The average molecular weight is 646 g/mol. The zero-order chi connectivity index (χ0) is 32.1. The molecule has 4 rings (SSSR count). The minimum absolute atomic E-state index is 0.0625. The van der Waals surface area contributed by atoms with Crippen molar-refractivity contribution >= 4 is 25.4 Å². The first kappa shape index (κ1) is 33.3. The van der Waals surface area contributed by atoms with Crippen molar-refractivity contribution in [1.29, 1.82) is 0 Å². The second-order valence-corrected chi connectivity index (χ2v) is 14.5. The predicted octanol–water partition coefficient (Wildman–Crippen LogP) is 3.34. The number of fused-ring (bicyclic) bond motifs is 1. The van der Waals surface area contributed by atoms with E-state index in [0.29, 0.717) is 28.3 Å². The molecule has 0 spiro atoms. The summed E-state index contributed by atoms with van der Waals surface area (Å²) in [5, 5.41) is 14.6. The summed E-state index contributed by atoms with van der Waals surface area (Å²) in [6.07, 6.45) is 1.46. The number of aromatic nitrogens is 4. The molecular formula is C30H39N5O7S2. The van der Waals surface area contributed by atoms with Crippen LogP contribution in [0.4, 0.5) is 0 Å². The molecule has 44 heavy (non-hydrogen) atoms. The van der Waals surface area contributed by atoms with Crippen molar-refractivity contribution in [3.8, 4) is 17.1 Å². The van der Waals surface area contributed by atoms with Crippen LogP contribution >= 0.6 is 0 Å². The van der Waals surface area contributed by atoms with E-state index in [-0.39, 0.29) is 46.7 Å². The van der Waals surface area contributed by atoms with Crippen molar-refractivity contribution in [2.24, 2.45) is 0 Å². The Labute approximate surface area is 257 Å². The molecule has 2 aromatic carbocycles. The molecule has 238 valence electrons. The van der Waals surface area contributed by atoms with E-state index in [1.54, 1.807) is 44.2 Å². The van der Waals surface area contributed by atoms with Gasteiger partial charge < -0.3 is 14.8 Å². The average Bonchev–Trinajstić information content (AvgIpc) is 3.32. The second-order valence-electron chi connectivity index (χ2n) is 10.6. The molecule has 0 radical (unpaired) electrons. The van der Waals surface area contributed by atoms with E-state index in [9.17, 15) is 26.7 Å². The number of rotatable bonds is 15. The molecule has 0 aliphatic heterocycles. The van der Waals surface area contributed by atoms with Crippen molar-refractivity contribution in [3.05, 3.63) is 76.0 Å². The van der Waals surface area contributed by atoms with Gasteiger partial charge in [-0.05, 0) is 56.9 Å². The fourth-order valence-electron chi connectivity index (χ4n) is 5.07. The van der Waals surface area contributed by atoms with E-state index in [1.807, 2.05) is 13.8 Å². The summed E-state index contributed by atoms with van der Waals surface area (Å²) in [4.78, 5) is 20.4. The smallest absolute Gasteiger partial charge is 0.277 e. The number of hydrogen-bond acceptors (Lipinski definition) is 9. The van der Waals surface area contributed by atoms with Gasteiger partial charge in [0, 0.05) is 12.0 Å². The van der Waals surface area contributed by atoms with Crippen LogP contribution in [-0.2, 0) is 25.6 Å². The summed E-state index contributed by atoms with van der Waals surface area (Å²) < 4.78 is 61.9. The number of benzene rings is 2. The van der Waals surface area contributed by atoms with Gasteiger partial charge in [-0.2, -0.15) is 0 Å². The molecule has 0 saturated carbocycles. The van der Waals surface area contributed by atoms with Crippen LogP contribution in [0.3, 0.4) is 0 Å². The van der Waals surface area contributed by atoms with Gasteiger partial charge in [0.25, 0.3) is 5.56 Å². The maximum absolute atomic E-state index is 13.5. The molecule has 12 nitrogen and oxygen atoms in total. The molecule has 1 atom stereocenters. The zero-order valence-electron chi connectivity index (χ0n) is 25.3. The number of aliphatic hydroxyl groups is 1. The standard InChI is InChI=1S/C30H39N5O7S2/c1-5-22(6-2)29-31-20(4)27-30(37)32-28(33-35(27)29)25-17-24(13-14-26(25)42-7-3)44(40,41)34-23(18-36)15-16-43(38,39)19-21-11-9-8-10-12-21/h8-14,17,22-23,34,36H,5-7,15-16,18-19H2,1-4H3,(H,32,33,37). The first-order chi connectivity index (χ1) is 20.9. The van der Waals surface area contributed by atoms with Crippen molar-refractivity contribution in [2.75, 3.05) is 19.0 Å². The van der Waals surface area contributed by atoms with Crippen LogP contribution in [0, 0.1) is 6.92 Å². The number of aliphatic hydroxyl groups excluding tert-OH is 1. The number of aromatic amines is 1. The predicted molar refractivity (Wildman–Crippen MR) is 168 cm³/mol. The van der Waals surface area contributed by atoms with Crippen LogP contribution in [0.1, 0.15) is 63.0 Å². The summed E-state index contributed by atoms with van der Waals surface area (Å²) in [7, 11) is -7.80. The van der Waals surface area contributed by atoms with Crippen LogP contribution in [-0.4, -0.2) is 66.5 Å². The summed E-state index contributed by atoms with van der Waals surface area (Å²) >= 11 is 0. The third kappa shape index (κ3) is 7.54. The zero-order valence-corrected chi connectivity index (χ0v) is 26.9. The third-order valence-electron chi connectivity index (χ3n) is 7.42. The lowest BCUT2D eigenvalue weighted by molar-refractivity contribution is 0.254. The Hall–Kier alpha value is -3.59. The van der Waals surface area contributed by atoms with E-state index in [4.69, 9.17) is 4.74 Å². The van der Waals surface area contributed by atoms with E-state index >= 15 is 0 Å². The molecule has 3 N–H and O–H groups in total. The Balaban J connectivity index is 1.66. The molecule has 0 saturated heterocycles. The van der Waals surface area contributed by atoms with Crippen molar-refractivity contribution in [2.45, 2.75) is 69.6 Å². The first-order valence-corrected chi connectivity index (χ1v) is 17.9. The molecule has 14 heteroatoms. The number of ether oxygens (including phenoxy) is 1. The van der Waals surface area contributed by atoms with Gasteiger partial charge in [0.2, 0.25) is 10.0 Å². The van der Waals surface area contributed by atoms with Gasteiger partial charge in [0.1, 0.15) is 11.6 Å².